The molecule has 19 heavy (non-hydrogen) atoms. The largest absolute Gasteiger partial charge is 0.371 e. The van der Waals surface area contributed by atoms with E-state index in [1.807, 2.05) is 0 Å². The van der Waals surface area contributed by atoms with E-state index in [0.29, 0.717) is 11.5 Å². The van der Waals surface area contributed by atoms with E-state index in [2.05, 4.69) is 72.0 Å². The van der Waals surface area contributed by atoms with Crippen LogP contribution in [0.2, 0.25) is 0 Å². The van der Waals surface area contributed by atoms with Crippen molar-refractivity contribution in [3.8, 4) is 0 Å². The van der Waals surface area contributed by atoms with E-state index < -0.39 is 0 Å². The van der Waals surface area contributed by atoms with Crippen LogP contribution in [0, 0.1) is 5.41 Å². The maximum Gasteiger partial charge on any atom is 0.0415 e. The van der Waals surface area contributed by atoms with Gasteiger partial charge in [-0.25, -0.2) is 0 Å². The maximum absolute atomic E-state index is 3.60. The Morgan fingerprint density at radius 3 is 2.74 bits per heavy atom. The van der Waals surface area contributed by atoms with Crippen molar-refractivity contribution in [2.45, 2.75) is 40.2 Å². The molecular weight excluding hydrogens is 300 g/mol. The summed E-state index contributed by atoms with van der Waals surface area (Å²) in [6, 6.07) is 7.06. The molecule has 2 rings (SSSR count). The molecule has 1 atom stereocenters. The number of nitrogens with zero attached hydrogens (tertiary/aromatic N) is 1. The van der Waals surface area contributed by atoms with E-state index in [1.54, 1.807) is 0 Å². The van der Waals surface area contributed by atoms with E-state index in [-0.39, 0.29) is 0 Å². The zero-order valence-corrected chi connectivity index (χ0v) is 14.0. The summed E-state index contributed by atoms with van der Waals surface area (Å²) >= 11 is 3.60. The number of rotatable bonds is 4. The third kappa shape index (κ3) is 3.51. The molecule has 0 saturated carbocycles. The van der Waals surface area contributed by atoms with Crippen molar-refractivity contribution in [3.63, 3.8) is 0 Å². The summed E-state index contributed by atoms with van der Waals surface area (Å²) in [5.74, 6) is 0. The molecule has 0 aliphatic carbocycles. The van der Waals surface area contributed by atoms with Gasteiger partial charge in [0.15, 0.2) is 0 Å². The number of hydrogen-bond donors (Lipinski definition) is 1. The molecule has 0 bridgehead atoms. The first-order valence-electron chi connectivity index (χ1n) is 7.21. The van der Waals surface area contributed by atoms with Gasteiger partial charge in [-0.2, -0.15) is 0 Å². The first kappa shape index (κ1) is 14.9. The minimum Gasteiger partial charge on any atom is -0.371 e. The van der Waals surface area contributed by atoms with Gasteiger partial charge in [0.05, 0.1) is 0 Å². The Kier molecular flexibility index (Phi) is 4.57. The van der Waals surface area contributed by atoms with E-state index in [4.69, 9.17) is 0 Å². The fourth-order valence-corrected chi connectivity index (χ4v) is 3.27. The smallest absolute Gasteiger partial charge is 0.0415 e. The van der Waals surface area contributed by atoms with Crippen LogP contribution in [0.3, 0.4) is 0 Å². The number of halogens is 1. The minimum absolute atomic E-state index is 0.390. The van der Waals surface area contributed by atoms with E-state index in [9.17, 15) is 0 Å². The predicted molar refractivity (Wildman–Crippen MR) is 86.8 cm³/mol. The molecule has 0 spiro atoms. The lowest BCUT2D eigenvalue weighted by atomic mass is 9.93. The Hall–Kier alpha value is -0.540. The van der Waals surface area contributed by atoms with Crippen LogP contribution in [0.1, 0.15) is 45.7 Å². The maximum atomic E-state index is 3.60. The van der Waals surface area contributed by atoms with Crippen molar-refractivity contribution in [1.82, 2.24) is 5.32 Å². The van der Waals surface area contributed by atoms with Crippen molar-refractivity contribution in [1.29, 1.82) is 0 Å². The summed E-state index contributed by atoms with van der Waals surface area (Å²) in [5.41, 5.74) is 3.22. The Bertz CT molecular complexity index is 442. The molecule has 1 aromatic rings. The highest BCUT2D eigenvalue weighted by atomic mass is 79.9. The van der Waals surface area contributed by atoms with E-state index in [0.717, 1.165) is 17.6 Å². The third-order valence-electron chi connectivity index (χ3n) is 3.98. The summed E-state index contributed by atoms with van der Waals surface area (Å²) < 4.78 is 1.16. The van der Waals surface area contributed by atoms with E-state index >= 15 is 0 Å². The molecule has 0 amide bonds. The number of benzene rings is 1. The van der Waals surface area contributed by atoms with Crippen LogP contribution >= 0.6 is 15.9 Å². The van der Waals surface area contributed by atoms with Crippen LogP contribution in [0.25, 0.3) is 0 Å². The Labute approximate surface area is 125 Å². The molecule has 1 unspecified atom stereocenters. The summed E-state index contributed by atoms with van der Waals surface area (Å²) in [6.07, 6.45) is 1.28. The molecule has 1 saturated heterocycles. The molecular formula is C16H25BrN2. The molecule has 106 valence electrons. The predicted octanol–water partition coefficient (Wildman–Crippen LogP) is 4.36. The molecule has 2 nitrogen and oxygen atoms in total. The molecule has 0 radical (unpaired) electrons. The Morgan fingerprint density at radius 2 is 2.16 bits per heavy atom. The van der Waals surface area contributed by atoms with Crippen LogP contribution in [0.4, 0.5) is 5.69 Å². The first-order valence-corrected chi connectivity index (χ1v) is 8.00. The fraction of sp³-hybridized carbons (Fsp3) is 0.625. The summed E-state index contributed by atoms with van der Waals surface area (Å²) in [4.78, 5) is 2.54. The second-order valence-corrected chi connectivity index (χ2v) is 7.23. The second-order valence-electron chi connectivity index (χ2n) is 6.32. The van der Waals surface area contributed by atoms with Gasteiger partial charge in [0.2, 0.25) is 0 Å². The van der Waals surface area contributed by atoms with Gasteiger partial charge in [0, 0.05) is 29.3 Å². The SMILES string of the molecule is CCNC(C)c1cc(Br)ccc1N1CCC(C)(C)C1. The van der Waals surface area contributed by atoms with Crippen molar-refractivity contribution in [3.05, 3.63) is 28.2 Å². The van der Waals surface area contributed by atoms with Gasteiger partial charge in [-0.15, -0.1) is 0 Å². The summed E-state index contributed by atoms with van der Waals surface area (Å²) in [5, 5.41) is 3.53. The zero-order chi connectivity index (χ0) is 14.0. The number of anilines is 1. The molecule has 1 heterocycles. The molecule has 1 aliphatic rings. The highest BCUT2D eigenvalue weighted by Gasteiger charge is 2.30. The van der Waals surface area contributed by atoms with Crippen molar-refractivity contribution >= 4 is 21.6 Å². The van der Waals surface area contributed by atoms with Crippen LogP contribution in [-0.2, 0) is 0 Å². The first-order chi connectivity index (χ1) is 8.93. The second kappa shape index (κ2) is 5.84. The van der Waals surface area contributed by atoms with Gasteiger partial charge >= 0.3 is 0 Å². The highest BCUT2D eigenvalue weighted by Crippen LogP contribution is 2.36. The van der Waals surface area contributed by atoms with Crippen LogP contribution in [0.5, 0.6) is 0 Å². The molecule has 1 aromatic carbocycles. The van der Waals surface area contributed by atoms with Gasteiger partial charge < -0.3 is 10.2 Å². The molecule has 1 N–H and O–H groups in total. The standard InChI is InChI=1S/C16H25BrN2/c1-5-18-12(2)14-10-13(17)6-7-15(14)19-9-8-16(3,4)11-19/h6-7,10,12,18H,5,8-9,11H2,1-4H3. The molecule has 1 aliphatic heterocycles. The van der Waals surface area contributed by atoms with Crippen molar-refractivity contribution in [2.75, 3.05) is 24.5 Å². The quantitative estimate of drug-likeness (QED) is 0.885. The molecule has 0 aromatic heterocycles. The zero-order valence-electron chi connectivity index (χ0n) is 12.5. The normalized spacial score (nSPS) is 19.7. The third-order valence-corrected chi connectivity index (χ3v) is 4.48. The highest BCUT2D eigenvalue weighted by molar-refractivity contribution is 9.10. The van der Waals surface area contributed by atoms with Gasteiger partial charge in [-0.3, -0.25) is 0 Å². The minimum atomic E-state index is 0.390. The number of hydrogen-bond acceptors (Lipinski definition) is 2. The van der Waals surface area contributed by atoms with Crippen LogP contribution < -0.4 is 10.2 Å². The number of nitrogens with one attached hydrogen (secondary N) is 1. The van der Waals surface area contributed by atoms with Gasteiger partial charge in [-0.05, 0) is 49.1 Å². The summed E-state index contributed by atoms with van der Waals surface area (Å²) in [7, 11) is 0. The lowest BCUT2D eigenvalue weighted by molar-refractivity contribution is 0.418. The summed E-state index contributed by atoms with van der Waals surface area (Å²) in [6.45, 7) is 12.4. The van der Waals surface area contributed by atoms with Gasteiger partial charge in [0.25, 0.3) is 0 Å². The van der Waals surface area contributed by atoms with Crippen molar-refractivity contribution < 1.29 is 0 Å². The average Bonchev–Trinajstić information content (AvgIpc) is 2.70. The van der Waals surface area contributed by atoms with Crippen molar-refractivity contribution in [2.24, 2.45) is 5.41 Å². The lowest BCUT2D eigenvalue weighted by Gasteiger charge is -2.27. The van der Waals surface area contributed by atoms with Crippen LogP contribution in [-0.4, -0.2) is 19.6 Å². The average molecular weight is 325 g/mol. The molecule has 1 fully saturated rings. The molecule has 3 heteroatoms. The topological polar surface area (TPSA) is 15.3 Å². The van der Waals surface area contributed by atoms with Gasteiger partial charge in [0.1, 0.15) is 0 Å². The Morgan fingerprint density at radius 1 is 1.42 bits per heavy atom. The lowest BCUT2D eigenvalue weighted by Crippen LogP contribution is -2.26. The monoisotopic (exact) mass is 324 g/mol. The van der Waals surface area contributed by atoms with E-state index in [1.165, 1.54) is 24.2 Å². The fourth-order valence-electron chi connectivity index (χ4n) is 2.89. The Balaban J connectivity index is 2.29. The van der Waals surface area contributed by atoms with Crippen LogP contribution in [0.15, 0.2) is 22.7 Å². The van der Waals surface area contributed by atoms with Gasteiger partial charge in [-0.1, -0.05) is 36.7 Å².